The first kappa shape index (κ1) is 11.1. The summed E-state index contributed by atoms with van der Waals surface area (Å²) in [6.45, 7) is 1.78. The largest absolute Gasteiger partial charge is 0.291 e. The van der Waals surface area contributed by atoms with Crippen molar-refractivity contribution >= 4 is 44.2 Å². The number of ketones is 1. The molecule has 2 nitrogen and oxygen atoms in total. The molecule has 1 atom stereocenters. The van der Waals surface area contributed by atoms with E-state index < -0.39 is 0 Å². The Balaban J connectivity index is 3.06. The van der Waals surface area contributed by atoms with Crippen molar-refractivity contribution in [3.05, 3.63) is 24.0 Å². The van der Waals surface area contributed by atoms with E-state index >= 15 is 0 Å². The summed E-state index contributed by atoms with van der Waals surface area (Å²) in [5.41, 5.74) is 0.479. The van der Waals surface area contributed by atoms with Crippen molar-refractivity contribution in [3.63, 3.8) is 0 Å². The van der Waals surface area contributed by atoms with Gasteiger partial charge in [0.1, 0.15) is 5.69 Å². The smallest absolute Gasteiger partial charge is 0.195 e. The lowest BCUT2D eigenvalue weighted by atomic mass is 10.2. The predicted octanol–water partition coefficient (Wildman–Crippen LogP) is 2.98. The van der Waals surface area contributed by atoms with Gasteiger partial charge in [-0.1, -0.05) is 26.7 Å². The standard InChI is InChI=1S/C8H8BrNOS2/c1-5(9)8(11)7-6(13-12)3-2-4-10-7/h2-5,12H,1H3. The highest BCUT2D eigenvalue weighted by Crippen LogP contribution is 2.25. The first-order chi connectivity index (χ1) is 6.16. The molecule has 0 spiro atoms. The van der Waals surface area contributed by atoms with E-state index in [1.807, 2.05) is 6.07 Å². The van der Waals surface area contributed by atoms with Crippen LogP contribution in [0.4, 0.5) is 0 Å². The highest BCUT2D eigenvalue weighted by molar-refractivity contribution is 9.10. The average molecular weight is 278 g/mol. The van der Waals surface area contributed by atoms with Crippen LogP contribution in [0.1, 0.15) is 17.4 Å². The molecule has 0 saturated carbocycles. The number of alkyl halides is 1. The van der Waals surface area contributed by atoms with Gasteiger partial charge in [0.25, 0.3) is 0 Å². The summed E-state index contributed by atoms with van der Waals surface area (Å²) in [7, 11) is 1.23. The van der Waals surface area contributed by atoms with E-state index in [9.17, 15) is 4.79 Å². The van der Waals surface area contributed by atoms with Crippen molar-refractivity contribution in [1.82, 2.24) is 4.98 Å². The summed E-state index contributed by atoms with van der Waals surface area (Å²) in [6.07, 6.45) is 1.61. The third kappa shape index (κ3) is 2.72. The molecule has 0 aromatic carbocycles. The molecule has 1 aromatic rings. The lowest BCUT2D eigenvalue weighted by molar-refractivity contribution is 0.0988. The van der Waals surface area contributed by atoms with Crippen LogP contribution in [0, 0.1) is 0 Å². The highest BCUT2D eigenvalue weighted by atomic mass is 79.9. The second kappa shape index (κ2) is 5.02. The summed E-state index contributed by atoms with van der Waals surface area (Å²) in [5, 5.41) is 0. The molecule has 70 valence electrons. The second-order valence-corrected chi connectivity index (χ2v) is 4.97. The summed E-state index contributed by atoms with van der Waals surface area (Å²) < 4.78 is 0. The molecule has 13 heavy (non-hydrogen) atoms. The van der Waals surface area contributed by atoms with Crippen molar-refractivity contribution in [2.24, 2.45) is 0 Å². The van der Waals surface area contributed by atoms with E-state index in [0.717, 1.165) is 4.90 Å². The van der Waals surface area contributed by atoms with Gasteiger partial charge in [-0.3, -0.25) is 9.78 Å². The SMILES string of the molecule is CC(Br)C(=O)c1ncccc1SS. The fourth-order valence-corrected chi connectivity index (χ4v) is 1.88. The van der Waals surface area contributed by atoms with Crippen LogP contribution < -0.4 is 0 Å². The molecule has 0 aliphatic heterocycles. The molecular formula is C8H8BrNOS2. The minimum Gasteiger partial charge on any atom is -0.291 e. The number of Topliss-reactive ketones (excluding diaryl/α,β-unsaturated/α-hetero) is 1. The Labute approximate surface area is 94.5 Å². The lowest BCUT2D eigenvalue weighted by Gasteiger charge is -2.05. The Morgan fingerprint density at radius 1 is 1.77 bits per heavy atom. The van der Waals surface area contributed by atoms with E-state index in [4.69, 9.17) is 0 Å². The maximum atomic E-state index is 11.6. The minimum absolute atomic E-state index is 0.0165. The monoisotopic (exact) mass is 277 g/mol. The number of carbonyl (C=O) groups is 1. The van der Waals surface area contributed by atoms with Gasteiger partial charge in [0, 0.05) is 11.1 Å². The molecule has 1 heterocycles. The van der Waals surface area contributed by atoms with Crippen LogP contribution in [0.5, 0.6) is 0 Å². The van der Waals surface area contributed by atoms with Gasteiger partial charge >= 0.3 is 0 Å². The van der Waals surface area contributed by atoms with Crippen molar-refractivity contribution in [3.8, 4) is 0 Å². The number of hydrogen-bond acceptors (Lipinski definition) is 4. The van der Waals surface area contributed by atoms with Gasteiger partial charge in [-0.2, -0.15) is 0 Å². The van der Waals surface area contributed by atoms with Gasteiger partial charge in [-0.15, -0.1) is 11.7 Å². The highest BCUT2D eigenvalue weighted by Gasteiger charge is 2.16. The van der Waals surface area contributed by atoms with Crippen molar-refractivity contribution in [1.29, 1.82) is 0 Å². The third-order valence-corrected chi connectivity index (χ3v) is 3.00. The van der Waals surface area contributed by atoms with Gasteiger partial charge in [0.05, 0.1) is 4.83 Å². The number of halogens is 1. The number of thiol groups is 1. The van der Waals surface area contributed by atoms with E-state index in [-0.39, 0.29) is 10.6 Å². The quantitative estimate of drug-likeness (QED) is 0.399. The molecule has 1 rings (SSSR count). The fourth-order valence-electron chi connectivity index (χ4n) is 0.838. The Kier molecular flexibility index (Phi) is 4.28. The fraction of sp³-hybridized carbons (Fsp3) is 0.250. The van der Waals surface area contributed by atoms with Crippen LogP contribution in [0.25, 0.3) is 0 Å². The van der Waals surface area contributed by atoms with E-state index in [0.29, 0.717) is 5.69 Å². The third-order valence-electron chi connectivity index (χ3n) is 1.46. The molecule has 1 aromatic heterocycles. The molecule has 0 aliphatic carbocycles. The first-order valence-corrected chi connectivity index (χ1v) is 6.40. The van der Waals surface area contributed by atoms with Crippen LogP contribution in [0.15, 0.2) is 23.2 Å². The molecule has 0 bridgehead atoms. The van der Waals surface area contributed by atoms with Crippen molar-refractivity contribution in [2.75, 3.05) is 0 Å². The molecule has 0 saturated heterocycles. The van der Waals surface area contributed by atoms with E-state index in [2.05, 4.69) is 32.6 Å². The Morgan fingerprint density at radius 3 is 3.00 bits per heavy atom. The first-order valence-electron chi connectivity index (χ1n) is 3.61. The van der Waals surface area contributed by atoms with Crippen LogP contribution in [-0.2, 0) is 0 Å². The number of nitrogens with zero attached hydrogens (tertiary/aromatic N) is 1. The Bertz CT molecular complexity index is 317. The molecule has 0 fully saturated rings. The summed E-state index contributed by atoms with van der Waals surface area (Å²) in [5.74, 6) is -0.0165. The van der Waals surface area contributed by atoms with Crippen molar-refractivity contribution in [2.45, 2.75) is 16.6 Å². The summed E-state index contributed by atoms with van der Waals surface area (Å²) >= 11 is 7.27. The molecule has 0 radical (unpaired) electrons. The van der Waals surface area contributed by atoms with E-state index in [1.165, 1.54) is 10.8 Å². The van der Waals surface area contributed by atoms with Crippen LogP contribution in [0.3, 0.4) is 0 Å². The van der Waals surface area contributed by atoms with Crippen LogP contribution >= 0.6 is 38.4 Å². The molecule has 0 amide bonds. The maximum absolute atomic E-state index is 11.6. The number of pyridine rings is 1. The minimum atomic E-state index is -0.207. The Morgan fingerprint density at radius 2 is 2.46 bits per heavy atom. The summed E-state index contributed by atoms with van der Waals surface area (Å²) in [4.78, 5) is 16.2. The predicted molar refractivity (Wildman–Crippen MR) is 61.8 cm³/mol. The zero-order valence-electron chi connectivity index (χ0n) is 6.90. The van der Waals surface area contributed by atoms with Crippen LogP contribution in [-0.4, -0.2) is 15.6 Å². The second-order valence-electron chi connectivity index (χ2n) is 2.42. The normalized spacial score (nSPS) is 12.5. The van der Waals surface area contributed by atoms with Gasteiger partial charge in [-0.05, 0) is 19.1 Å². The Hall–Kier alpha value is -0.000000000000000111. The zero-order chi connectivity index (χ0) is 9.84. The van der Waals surface area contributed by atoms with Crippen LogP contribution in [0.2, 0.25) is 0 Å². The number of rotatable bonds is 3. The average Bonchev–Trinajstić information content (AvgIpc) is 2.16. The number of hydrogen-bond donors (Lipinski definition) is 1. The molecule has 0 aliphatic rings. The maximum Gasteiger partial charge on any atom is 0.195 e. The van der Waals surface area contributed by atoms with Crippen molar-refractivity contribution < 1.29 is 4.79 Å². The lowest BCUT2D eigenvalue weighted by Crippen LogP contribution is -2.12. The number of carbonyl (C=O) groups excluding carboxylic acids is 1. The van der Waals surface area contributed by atoms with E-state index in [1.54, 1.807) is 19.2 Å². The van der Waals surface area contributed by atoms with Gasteiger partial charge in [-0.25, -0.2) is 0 Å². The zero-order valence-corrected chi connectivity index (χ0v) is 10.2. The molecular weight excluding hydrogens is 270 g/mol. The van der Waals surface area contributed by atoms with Gasteiger partial charge in [0.2, 0.25) is 0 Å². The molecule has 1 unspecified atom stereocenters. The molecule has 0 N–H and O–H groups in total. The summed E-state index contributed by atoms with van der Waals surface area (Å²) in [6, 6.07) is 3.61. The molecule has 5 heteroatoms. The topological polar surface area (TPSA) is 30.0 Å². The number of aromatic nitrogens is 1. The van der Waals surface area contributed by atoms with Gasteiger partial charge < -0.3 is 0 Å². The van der Waals surface area contributed by atoms with Gasteiger partial charge in [0.15, 0.2) is 5.78 Å².